The van der Waals surface area contributed by atoms with Crippen molar-refractivity contribution in [2.75, 3.05) is 11.4 Å². The molecule has 0 saturated carbocycles. The van der Waals surface area contributed by atoms with E-state index in [2.05, 4.69) is 15.5 Å². The van der Waals surface area contributed by atoms with Gasteiger partial charge in [0.05, 0.1) is 11.4 Å². The zero-order valence-electron chi connectivity index (χ0n) is 17.7. The molecule has 3 rings (SSSR count). The lowest BCUT2D eigenvalue weighted by molar-refractivity contribution is 0.0465. The highest BCUT2D eigenvalue weighted by Crippen LogP contribution is 2.31. The number of hydrogen-bond acceptors (Lipinski definition) is 8. The molecule has 0 aliphatic carbocycles. The fraction of sp³-hybridized carbons (Fsp3) is 0.526. The highest BCUT2D eigenvalue weighted by atomic mass is 32.2. The molecule has 0 spiro atoms. The minimum atomic E-state index is -3.74. The van der Waals surface area contributed by atoms with Crippen LogP contribution in [0.15, 0.2) is 27.6 Å². The number of carbonyl (C=O) groups excluding carboxylic acids is 1. The molecule has 11 heteroatoms. The first-order chi connectivity index (χ1) is 13.7. The van der Waals surface area contributed by atoms with E-state index in [0.29, 0.717) is 31.2 Å². The van der Waals surface area contributed by atoms with Crippen LogP contribution in [0, 0.1) is 0 Å². The van der Waals surface area contributed by atoms with Crippen molar-refractivity contribution in [1.82, 2.24) is 15.5 Å². The number of sulfonamides is 1. The van der Waals surface area contributed by atoms with E-state index in [0.717, 1.165) is 11.3 Å². The summed E-state index contributed by atoms with van der Waals surface area (Å²) in [4.78, 5) is 18.6. The molecule has 0 fully saturated rings. The van der Waals surface area contributed by atoms with Gasteiger partial charge in [0.1, 0.15) is 11.1 Å². The normalized spacial score (nSPS) is 14.5. The number of primary sulfonamides is 1. The van der Waals surface area contributed by atoms with Crippen LogP contribution in [-0.2, 0) is 33.3 Å². The average molecular weight is 438 g/mol. The van der Waals surface area contributed by atoms with Crippen LogP contribution in [0.3, 0.4) is 0 Å². The van der Waals surface area contributed by atoms with Gasteiger partial charge in [0, 0.05) is 12.2 Å². The van der Waals surface area contributed by atoms with Crippen molar-refractivity contribution in [2.45, 2.75) is 63.6 Å². The van der Waals surface area contributed by atoms with Crippen molar-refractivity contribution in [3.63, 3.8) is 0 Å². The van der Waals surface area contributed by atoms with E-state index in [-0.39, 0.29) is 4.90 Å². The zero-order valence-corrected chi connectivity index (χ0v) is 18.5. The summed E-state index contributed by atoms with van der Waals surface area (Å²) < 4.78 is 33.8. The molecule has 10 nitrogen and oxygen atoms in total. The van der Waals surface area contributed by atoms with E-state index in [1.165, 1.54) is 6.07 Å². The third-order valence-electron chi connectivity index (χ3n) is 4.54. The van der Waals surface area contributed by atoms with Gasteiger partial charge in [-0.05, 0) is 64.8 Å². The van der Waals surface area contributed by atoms with Crippen molar-refractivity contribution in [3.8, 4) is 0 Å². The molecule has 1 amide bonds. The van der Waals surface area contributed by atoms with Gasteiger partial charge >= 0.3 is 6.09 Å². The summed E-state index contributed by atoms with van der Waals surface area (Å²) in [6, 6.07) is 4.81. The van der Waals surface area contributed by atoms with Crippen LogP contribution in [0.1, 0.15) is 51.9 Å². The molecule has 2 heterocycles. The number of nitrogens with zero attached hydrogens (tertiary/aromatic N) is 3. The standard InChI is InChI=1S/C19H27N5O5S/c1-18(2,3)28-17(25)22-19(4,5)16-21-15(29-23-16)11-24-9-8-12-10-13(30(20,26)27)6-7-14(12)24/h6-7,10H,8-9,11H2,1-5H3,(H,22,25)(H2,20,26,27). The molecule has 0 atom stereocenters. The van der Waals surface area contributed by atoms with Crippen LogP contribution in [0.4, 0.5) is 10.5 Å². The van der Waals surface area contributed by atoms with Crippen LogP contribution in [-0.4, -0.2) is 36.8 Å². The van der Waals surface area contributed by atoms with Crippen molar-refractivity contribution in [3.05, 3.63) is 35.5 Å². The Balaban J connectivity index is 1.70. The molecule has 1 aromatic heterocycles. The van der Waals surface area contributed by atoms with Crippen LogP contribution in [0.2, 0.25) is 0 Å². The summed E-state index contributed by atoms with van der Waals surface area (Å²) in [6.07, 6.45) is 0.115. The maximum atomic E-state index is 12.1. The summed E-state index contributed by atoms with van der Waals surface area (Å²) in [5, 5.41) is 12.0. The van der Waals surface area contributed by atoms with Crippen LogP contribution < -0.4 is 15.4 Å². The molecule has 1 aliphatic rings. The molecule has 3 N–H and O–H groups in total. The van der Waals surface area contributed by atoms with Gasteiger partial charge in [-0.2, -0.15) is 4.98 Å². The number of nitrogens with one attached hydrogen (secondary N) is 1. The van der Waals surface area contributed by atoms with E-state index in [1.807, 2.05) is 4.90 Å². The van der Waals surface area contributed by atoms with Gasteiger partial charge < -0.3 is 19.5 Å². The maximum Gasteiger partial charge on any atom is 0.408 e. The number of alkyl carbamates (subject to hydrolysis) is 1. The molecule has 30 heavy (non-hydrogen) atoms. The van der Waals surface area contributed by atoms with Gasteiger partial charge in [-0.3, -0.25) is 0 Å². The van der Waals surface area contributed by atoms with Gasteiger partial charge in [-0.25, -0.2) is 18.4 Å². The first kappa shape index (κ1) is 22.0. The summed E-state index contributed by atoms with van der Waals surface area (Å²) in [5.41, 5.74) is 0.285. The lowest BCUT2D eigenvalue weighted by atomic mass is 10.1. The fourth-order valence-corrected chi connectivity index (χ4v) is 3.70. The molecule has 2 aromatic rings. The van der Waals surface area contributed by atoms with E-state index in [9.17, 15) is 13.2 Å². The zero-order chi connectivity index (χ0) is 22.3. The molecule has 164 valence electrons. The van der Waals surface area contributed by atoms with Gasteiger partial charge in [-0.1, -0.05) is 5.16 Å². The molecule has 0 saturated heterocycles. The van der Waals surface area contributed by atoms with E-state index >= 15 is 0 Å². The number of rotatable bonds is 5. The quantitative estimate of drug-likeness (QED) is 0.724. The highest BCUT2D eigenvalue weighted by Gasteiger charge is 2.31. The molecular formula is C19H27N5O5S. The van der Waals surface area contributed by atoms with Gasteiger partial charge in [0.15, 0.2) is 5.82 Å². The molecule has 0 radical (unpaired) electrons. The Bertz CT molecular complexity index is 1060. The molecular weight excluding hydrogens is 410 g/mol. The Morgan fingerprint density at radius 1 is 1.30 bits per heavy atom. The number of anilines is 1. The van der Waals surface area contributed by atoms with Crippen LogP contribution in [0.25, 0.3) is 0 Å². The number of aromatic nitrogens is 2. The van der Waals surface area contributed by atoms with Gasteiger partial charge in [-0.15, -0.1) is 0 Å². The Labute approximate surface area is 175 Å². The third kappa shape index (κ3) is 5.08. The van der Waals surface area contributed by atoms with Gasteiger partial charge in [0.25, 0.3) is 0 Å². The van der Waals surface area contributed by atoms with Gasteiger partial charge in [0.2, 0.25) is 15.9 Å². The smallest absolute Gasteiger partial charge is 0.408 e. The van der Waals surface area contributed by atoms with Crippen molar-refractivity contribution in [1.29, 1.82) is 0 Å². The summed E-state index contributed by atoms with van der Waals surface area (Å²) >= 11 is 0. The predicted octanol–water partition coefficient (Wildman–Crippen LogP) is 2.04. The van der Waals surface area contributed by atoms with E-state index in [4.69, 9.17) is 14.4 Å². The number of benzene rings is 1. The van der Waals surface area contributed by atoms with Crippen LogP contribution >= 0.6 is 0 Å². The topological polar surface area (TPSA) is 141 Å². The minimum absolute atomic E-state index is 0.0955. The molecule has 0 unspecified atom stereocenters. The third-order valence-corrected chi connectivity index (χ3v) is 5.45. The molecule has 0 bridgehead atoms. The first-order valence-electron chi connectivity index (χ1n) is 9.49. The maximum absolute atomic E-state index is 12.1. The average Bonchev–Trinajstić information content (AvgIpc) is 3.19. The Hall–Kier alpha value is -2.66. The Kier molecular flexibility index (Phi) is 5.54. The van der Waals surface area contributed by atoms with E-state index in [1.54, 1.807) is 46.8 Å². The fourth-order valence-electron chi connectivity index (χ4n) is 3.14. The lowest BCUT2D eigenvalue weighted by Crippen LogP contribution is -2.44. The number of fused-ring (bicyclic) bond motifs is 1. The monoisotopic (exact) mass is 437 g/mol. The number of hydrogen-bond donors (Lipinski definition) is 2. The lowest BCUT2D eigenvalue weighted by Gasteiger charge is -2.26. The SMILES string of the molecule is CC(C)(C)OC(=O)NC(C)(C)c1noc(CN2CCc3cc(S(N)(=O)=O)ccc32)n1. The first-order valence-corrected chi connectivity index (χ1v) is 11.0. The summed E-state index contributed by atoms with van der Waals surface area (Å²) in [7, 11) is -3.74. The molecule has 1 aromatic carbocycles. The largest absolute Gasteiger partial charge is 0.444 e. The second-order valence-corrected chi connectivity index (χ2v) is 10.3. The highest BCUT2D eigenvalue weighted by molar-refractivity contribution is 7.89. The van der Waals surface area contributed by atoms with Crippen molar-refractivity contribution < 1.29 is 22.5 Å². The van der Waals surface area contributed by atoms with E-state index < -0.39 is 27.3 Å². The van der Waals surface area contributed by atoms with Crippen LogP contribution in [0.5, 0.6) is 0 Å². The van der Waals surface area contributed by atoms with Crippen molar-refractivity contribution in [2.24, 2.45) is 5.14 Å². The predicted molar refractivity (Wildman–Crippen MR) is 109 cm³/mol. The minimum Gasteiger partial charge on any atom is -0.444 e. The van der Waals surface area contributed by atoms with Crippen molar-refractivity contribution >= 4 is 21.8 Å². The second kappa shape index (κ2) is 7.55. The number of nitrogens with two attached hydrogens (primary N) is 1. The number of carbonyl (C=O) groups is 1. The number of amides is 1. The second-order valence-electron chi connectivity index (χ2n) is 8.77. The summed E-state index contributed by atoms with van der Waals surface area (Å²) in [5.74, 6) is 0.708. The molecule has 1 aliphatic heterocycles. The number of ether oxygens (including phenoxy) is 1. The summed E-state index contributed by atoms with van der Waals surface area (Å²) in [6.45, 7) is 9.90. The Morgan fingerprint density at radius 3 is 2.63 bits per heavy atom. The Morgan fingerprint density at radius 2 is 2.00 bits per heavy atom.